The third-order valence-electron chi connectivity index (χ3n) is 4.23. The molecule has 2 rings (SSSR count). The van der Waals surface area contributed by atoms with Crippen molar-refractivity contribution in [3.8, 4) is 0 Å². The highest BCUT2D eigenvalue weighted by Crippen LogP contribution is 2.24. The van der Waals surface area contributed by atoms with Gasteiger partial charge in [0.1, 0.15) is 0 Å². The Hall–Kier alpha value is -1.60. The van der Waals surface area contributed by atoms with Gasteiger partial charge in [0.2, 0.25) is 0 Å². The van der Waals surface area contributed by atoms with Crippen molar-refractivity contribution in [2.45, 2.75) is 52.5 Å². The fourth-order valence-corrected chi connectivity index (χ4v) is 2.51. The molecule has 112 valence electrons. The molecule has 0 bridgehead atoms. The molecule has 0 saturated carbocycles. The molecule has 1 nitrogen and oxygen atoms in total. The van der Waals surface area contributed by atoms with E-state index in [9.17, 15) is 0 Å². The van der Waals surface area contributed by atoms with E-state index in [-0.39, 0.29) is 11.5 Å². The Morgan fingerprint density at radius 3 is 2.05 bits per heavy atom. The average Bonchev–Trinajstić information content (AvgIpc) is 2.41. The summed E-state index contributed by atoms with van der Waals surface area (Å²) in [5.41, 5.74) is 13.1. The van der Waals surface area contributed by atoms with Crippen LogP contribution >= 0.6 is 0 Å². The second-order valence-electron chi connectivity index (χ2n) is 7.10. The monoisotopic (exact) mass is 281 g/mol. The predicted molar refractivity (Wildman–Crippen MR) is 91.7 cm³/mol. The lowest BCUT2D eigenvalue weighted by molar-refractivity contribution is 0.589. The van der Waals surface area contributed by atoms with Crippen LogP contribution in [0.25, 0.3) is 0 Å². The Morgan fingerprint density at radius 2 is 1.52 bits per heavy atom. The van der Waals surface area contributed by atoms with Gasteiger partial charge in [0.15, 0.2) is 0 Å². The summed E-state index contributed by atoms with van der Waals surface area (Å²) in [6.45, 7) is 11.0. The maximum absolute atomic E-state index is 6.37. The lowest BCUT2D eigenvalue weighted by Crippen LogP contribution is -2.14. The zero-order valence-electron chi connectivity index (χ0n) is 13.9. The van der Waals surface area contributed by atoms with Crippen LogP contribution in [0.15, 0.2) is 42.5 Å². The number of rotatable bonds is 3. The smallest absolute Gasteiger partial charge is 0.0335 e. The molecular weight excluding hydrogens is 254 g/mol. The van der Waals surface area contributed by atoms with Crippen LogP contribution in [-0.4, -0.2) is 0 Å². The number of benzene rings is 2. The van der Waals surface area contributed by atoms with E-state index < -0.39 is 0 Å². The molecule has 1 unspecified atom stereocenters. The molecule has 0 aliphatic carbocycles. The van der Waals surface area contributed by atoms with Crippen LogP contribution in [0.5, 0.6) is 0 Å². The van der Waals surface area contributed by atoms with Gasteiger partial charge in [0.05, 0.1) is 0 Å². The predicted octanol–water partition coefficient (Wildman–Crippen LogP) is 4.84. The third kappa shape index (κ3) is 3.95. The van der Waals surface area contributed by atoms with Crippen LogP contribution < -0.4 is 5.73 Å². The minimum atomic E-state index is 0.0600. The van der Waals surface area contributed by atoms with Gasteiger partial charge in [-0.15, -0.1) is 0 Å². The summed E-state index contributed by atoms with van der Waals surface area (Å²) in [5.74, 6) is 0. The molecule has 0 amide bonds. The summed E-state index contributed by atoms with van der Waals surface area (Å²) in [4.78, 5) is 0. The molecule has 2 N–H and O–H groups in total. The average molecular weight is 281 g/mol. The van der Waals surface area contributed by atoms with E-state index in [0.717, 1.165) is 6.42 Å². The van der Waals surface area contributed by atoms with Crippen molar-refractivity contribution in [2.75, 3.05) is 0 Å². The highest BCUT2D eigenvalue weighted by molar-refractivity contribution is 5.33. The minimum Gasteiger partial charge on any atom is -0.324 e. The van der Waals surface area contributed by atoms with E-state index in [1.807, 2.05) is 0 Å². The SMILES string of the molecule is Cc1ccc(C(N)Cc2ccc(C(C)(C)C)cc2)cc1C. The molecule has 0 aromatic heterocycles. The molecule has 0 radical (unpaired) electrons. The van der Waals surface area contributed by atoms with Crippen molar-refractivity contribution in [1.29, 1.82) is 0 Å². The van der Waals surface area contributed by atoms with Crippen molar-refractivity contribution in [1.82, 2.24) is 0 Å². The van der Waals surface area contributed by atoms with Gasteiger partial charge < -0.3 is 5.73 Å². The van der Waals surface area contributed by atoms with Gasteiger partial charge in [0.25, 0.3) is 0 Å². The molecule has 1 atom stereocenters. The molecular formula is C20H27N. The van der Waals surface area contributed by atoms with Crippen LogP contribution in [-0.2, 0) is 11.8 Å². The van der Waals surface area contributed by atoms with Crippen LogP contribution in [0, 0.1) is 13.8 Å². The summed E-state index contributed by atoms with van der Waals surface area (Å²) >= 11 is 0. The Morgan fingerprint density at radius 1 is 0.905 bits per heavy atom. The molecule has 2 aromatic rings. The molecule has 0 spiro atoms. The first-order chi connectivity index (χ1) is 9.77. The van der Waals surface area contributed by atoms with Gasteiger partial charge in [-0.05, 0) is 53.5 Å². The second-order valence-corrected chi connectivity index (χ2v) is 7.10. The van der Waals surface area contributed by atoms with Gasteiger partial charge in [-0.25, -0.2) is 0 Å². The fraction of sp³-hybridized carbons (Fsp3) is 0.400. The third-order valence-corrected chi connectivity index (χ3v) is 4.23. The van der Waals surface area contributed by atoms with E-state index in [4.69, 9.17) is 5.73 Å². The van der Waals surface area contributed by atoms with Crippen molar-refractivity contribution in [3.05, 3.63) is 70.3 Å². The standard InChI is InChI=1S/C20H27N/c1-14-6-9-17(12-15(14)2)19(21)13-16-7-10-18(11-8-16)20(3,4)5/h6-12,19H,13,21H2,1-5H3. The number of hydrogen-bond acceptors (Lipinski definition) is 1. The largest absolute Gasteiger partial charge is 0.324 e. The van der Waals surface area contributed by atoms with E-state index in [2.05, 4.69) is 77.1 Å². The number of nitrogens with two attached hydrogens (primary N) is 1. The molecule has 0 fully saturated rings. The maximum atomic E-state index is 6.37. The van der Waals surface area contributed by atoms with Crippen molar-refractivity contribution in [3.63, 3.8) is 0 Å². The van der Waals surface area contributed by atoms with Crippen molar-refractivity contribution in [2.24, 2.45) is 5.73 Å². The first kappa shape index (κ1) is 15.8. The van der Waals surface area contributed by atoms with E-state index in [0.29, 0.717) is 0 Å². The molecule has 1 heteroatoms. The Bertz CT molecular complexity index is 603. The zero-order valence-corrected chi connectivity index (χ0v) is 13.9. The summed E-state index contributed by atoms with van der Waals surface area (Å²) < 4.78 is 0. The first-order valence-electron chi connectivity index (χ1n) is 7.69. The van der Waals surface area contributed by atoms with Crippen LogP contribution in [0.1, 0.15) is 54.6 Å². The van der Waals surface area contributed by atoms with Crippen LogP contribution in [0.3, 0.4) is 0 Å². The highest BCUT2D eigenvalue weighted by Gasteiger charge is 2.14. The Labute approximate surface area is 129 Å². The first-order valence-corrected chi connectivity index (χ1v) is 7.69. The molecule has 2 aromatic carbocycles. The van der Waals surface area contributed by atoms with Gasteiger partial charge in [-0.3, -0.25) is 0 Å². The Balaban J connectivity index is 2.12. The van der Waals surface area contributed by atoms with Gasteiger partial charge >= 0.3 is 0 Å². The van der Waals surface area contributed by atoms with Gasteiger partial charge in [0, 0.05) is 6.04 Å². The van der Waals surface area contributed by atoms with Crippen molar-refractivity contribution < 1.29 is 0 Å². The molecule has 0 heterocycles. The van der Waals surface area contributed by atoms with Crippen LogP contribution in [0.2, 0.25) is 0 Å². The summed E-state index contributed by atoms with van der Waals surface area (Å²) in [7, 11) is 0. The number of hydrogen-bond donors (Lipinski definition) is 1. The maximum Gasteiger partial charge on any atom is 0.0335 e. The summed E-state index contributed by atoms with van der Waals surface area (Å²) in [5, 5.41) is 0. The van der Waals surface area contributed by atoms with Crippen molar-refractivity contribution >= 4 is 0 Å². The number of aryl methyl sites for hydroxylation is 2. The van der Waals surface area contributed by atoms with Gasteiger partial charge in [-0.1, -0.05) is 63.2 Å². The fourth-order valence-electron chi connectivity index (χ4n) is 2.51. The second kappa shape index (κ2) is 6.03. The molecule has 0 aliphatic heterocycles. The quantitative estimate of drug-likeness (QED) is 0.855. The zero-order chi connectivity index (χ0) is 15.6. The molecule has 21 heavy (non-hydrogen) atoms. The normalized spacial score (nSPS) is 13.2. The summed E-state index contributed by atoms with van der Waals surface area (Å²) in [6.07, 6.45) is 0.882. The topological polar surface area (TPSA) is 26.0 Å². The van der Waals surface area contributed by atoms with E-state index in [1.165, 1.54) is 27.8 Å². The van der Waals surface area contributed by atoms with Gasteiger partial charge in [-0.2, -0.15) is 0 Å². The van der Waals surface area contributed by atoms with E-state index in [1.54, 1.807) is 0 Å². The highest BCUT2D eigenvalue weighted by atomic mass is 14.6. The summed E-state index contributed by atoms with van der Waals surface area (Å²) in [6, 6.07) is 15.5. The Kier molecular flexibility index (Phi) is 4.53. The lowest BCUT2D eigenvalue weighted by Gasteiger charge is -2.20. The van der Waals surface area contributed by atoms with E-state index >= 15 is 0 Å². The van der Waals surface area contributed by atoms with Crippen LogP contribution in [0.4, 0.5) is 0 Å². The molecule has 0 saturated heterocycles. The lowest BCUT2D eigenvalue weighted by atomic mass is 9.86. The molecule has 0 aliphatic rings. The minimum absolute atomic E-state index is 0.0600.